The molecule has 2 aromatic rings. The van der Waals surface area contributed by atoms with Crippen molar-refractivity contribution in [2.75, 3.05) is 11.1 Å². The smallest absolute Gasteiger partial charge is 0.144 e. The van der Waals surface area contributed by atoms with Gasteiger partial charge >= 0.3 is 0 Å². The second-order valence-corrected chi connectivity index (χ2v) is 4.44. The number of anilines is 2. The normalized spacial score (nSPS) is 18.1. The van der Waals surface area contributed by atoms with E-state index in [0.717, 1.165) is 24.3 Å². The summed E-state index contributed by atoms with van der Waals surface area (Å²) in [6.07, 6.45) is 3.91. The summed E-state index contributed by atoms with van der Waals surface area (Å²) < 4.78 is 1.75. The predicted octanol–water partition coefficient (Wildman–Crippen LogP) is 1.50. The Morgan fingerprint density at radius 1 is 1.47 bits per heavy atom. The molecule has 3 rings (SSSR count). The average Bonchev–Trinajstić information content (AvgIpc) is 2.87. The van der Waals surface area contributed by atoms with Crippen molar-refractivity contribution in [2.24, 2.45) is 7.05 Å². The highest BCUT2D eigenvalue weighted by Gasteiger charge is 2.22. The summed E-state index contributed by atoms with van der Waals surface area (Å²) in [6.45, 7) is 0. The lowest BCUT2D eigenvalue weighted by Gasteiger charge is -2.14. The highest BCUT2D eigenvalue weighted by molar-refractivity contribution is 5.50. The highest BCUT2D eigenvalue weighted by Crippen LogP contribution is 2.34. The maximum atomic E-state index is 5.79. The molecule has 5 heteroatoms. The number of hydrogen-bond acceptors (Lipinski definition) is 4. The number of aryl methyl sites for hydroxylation is 2. The molecule has 0 bridgehead atoms. The molecule has 0 spiro atoms. The molecular formula is C12H15N5. The van der Waals surface area contributed by atoms with E-state index >= 15 is 0 Å². The summed E-state index contributed by atoms with van der Waals surface area (Å²) in [5, 5.41) is 11.2. The van der Waals surface area contributed by atoms with Gasteiger partial charge in [0.15, 0.2) is 0 Å². The molecule has 1 heterocycles. The molecule has 0 aliphatic heterocycles. The van der Waals surface area contributed by atoms with Crippen molar-refractivity contribution >= 4 is 11.5 Å². The topological polar surface area (TPSA) is 68.8 Å². The first kappa shape index (κ1) is 10.1. The van der Waals surface area contributed by atoms with Crippen LogP contribution in [-0.4, -0.2) is 15.0 Å². The van der Waals surface area contributed by atoms with Crippen molar-refractivity contribution in [3.05, 3.63) is 35.5 Å². The van der Waals surface area contributed by atoms with E-state index in [4.69, 9.17) is 5.73 Å². The number of nitrogens with two attached hydrogens (primary N) is 1. The molecule has 1 aromatic carbocycles. The van der Waals surface area contributed by atoms with Crippen molar-refractivity contribution in [3.8, 4) is 0 Å². The van der Waals surface area contributed by atoms with Gasteiger partial charge in [-0.25, -0.2) is 4.68 Å². The Balaban J connectivity index is 1.87. The van der Waals surface area contributed by atoms with E-state index in [0.29, 0.717) is 6.04 Å². The number of benzene rings is 1. The quantitative estimate of drug-likeness (QED) is 0.766. The van der Waals surface area contributed by atoms with Crippen LogP contribution in [-0.2, 0) is 13.5 Å². The van der Waals surface area contributed by atoms with Gasteiger partial charge in [0.1, 0.15) is 5.82 Å². The summed E-state index contributed by atoms with van der Waals surface area (Å²) in [4.78, 5) is 0. The van der Waals surface area contributed by atoms with Crippen molar-refractivity contribution in [1.82, 2.24) is 15.0 Å². The van der Waals surface area contributed by atoms with Gasteiger partial charge in [-0.1, -0.05) is 11.3 Å². The van der Waals surface area contributed by atoms with Crippen LogP contribution in [0.3, 0.4) is 0 Å². The molecule has 0 radical (unpaired) electrons. The molecule has 0 saturated heterocycles. The minimum atomic E-state index is 0.336. The number of aromatic nitrogens is 3. The van der Waals surface area contributed by atoms with Gasteiger partial charge in [0.25, 0.3) is 0 Å². The summed E-state index contributed by atoms with van der Waals surface area (Å²) in [7, 11) is 1.88. The lowest BCUT2D eigenvalue weighted by atomic mass is 10.1. The van der Waals surface area contributed by atoms with Crippen LogP contribution in [0.25, 0.3) is 0 Å². The van der Waals surface area contributed by atoms with Gasteiger partial charge in [0, 0.05) is 12.7 Å². The molecule has 1 unspecified atom stereocenters. The van der Waals surface area contributed by atoms with Crippen LogP contribution >= 0.6 is 0 Å². The van der Waals surface area contributed by atoms with Crippen LogP contribution in [0.1, 0.15) is 23.6 Å². The van der Waals surface area contributed by atoms with Crippen LogP contribution in [0, 0.1) is 0 Å². The second-order valence-electron chi connectivity index (χ2n) is 4.44. The highest BCUT2D eigenvalue weighted by atomic mass is 15.4. The Morgan fingerprint density at radius 2 is 2.35 bits per heavy atom. The predicted molar refractivity (Wildman–Crippen MR) is 66.5 cm³/mol. The maximum Gasteiger partial charge on any atom is 0.144 e. The molecule has 3 N–H and O–H groups in total. The third kappa shape index (κ3) is 1.73. The average molecular weight is 229 g/mol. The van der Waals surface area contributed by atoms with E-state index < -0.39 is 0 Å². The van der Waals surface area contributed by atoms with Gasteiger partial charge in [-0.2, -0.15) is 0 Å². The number of nitrogen functional groups attached to an aromatic ring is 1. The number of rotatable bonds is 2. The van der Waals surface area contributed by atoms with Crippen molar-refractivity contribution < 1.29 is 0 Å². The van der Waals surface area contributed by atoms with Crippen molar-refractivity contribution in [1.29, 1.82) is 0 Å². The van der Waals surface area contributed by atoms with E-state index in [1.807, 2.05) is 13.1 Å². The Labute approximate surface area is 99.6 Å². The Hall–Kier alpha value is -2.04. The summed E-state index contributed by atoms with van der Waals surface area (Å²) >= 11 is 0. The van der Waals surface area contributed by atoms with Gasteiger partial charge in [-0.3, -0.25) is 0 Å². The Bertz CT molecular complexity index is 546. The molecule has 0 saturated carbocycles. The standard InChI is InChI=1S/C12H15N5/c1-17-12(7-14-16-17)15-11-5-2-8-6-9(13)3-4-10(8)11/h3-4,6-7,11,15H,2,5,13H2,1H3. The summed E-state index contributed by atoms with van der Waals surface area (Å²) in [5.41, 5.74) is 9.31. The molecule has 17 heavy (non-hydrogen) atoms. The minimum absolute atomic E-state index is 0.336. The molecule has 88 valence electrons. The van der Waals surface area contributed by atoms with Crippen LogP contribution in [0.2, 0.25) is 0 Å². The van der Waals surface area contributed by atoms with Crippen LogP contribution in [0.5, 0.6) is 0 Å². The van der Waals surface area contributed by atoms with Crippen LogP contribution in [0.4, 0.5) is 11.5 Å². The number of hydrogen-bond donors (Lipinski definition) is 2. The monoisotopic (exact) mass is 229 g/mol. The number of nitrogens with one attached hydrogen (secondary N) is 1. The Kier molecular flexibility index (Phi) is 2.24. The fraction of sp³-hybridized carbons (Fsp3) is 0.333. The van der Waals surface area contributed by atoms with Gasteiger partial charge in [0.05, 0.1) is 12.2 Å². The molecular weight excluding hydrogens is 214 g/mol. The molecule has 5 nitrogen and oxygen atoms in total. The van der Waals surface area contributed by atoms with E-state index in [2.05, 4.69) is 27.8 Å². The molecule has 1 aliphatic rings. The van der Waals surface area contributed by atoms with E-state index in [9.17, 15) is 0 Å². The first-order valence-corrected chi connectivity index (χ1v) is 5.73. The first-order valence-electron chi connectivity index (χ1n) is 5.73. The van der Waals surface area contributed by atoms with E-state index in [-0.39, 0.29) is 0 Å². The number of fused-ring (bicyclic) bond motifs is 1. The molecule has 1 atom stereocenters. The molecule has 0 fully saturated rings. The summed E-state index contributed by atoms with van der Waals surface area (Å²) in [6, 6.07) is 6.47. The van der Waals surface area contributed by atoms with E-state index in [1.54, 1.807) is 10.9 Å². The first-order chi connectivity index (χ1) is 8.24. The molecule has 0 amide bonds. The van der Waals surface area contributed by atoms with Crippen LogP contribution in [0.15, 0.2) is 24.4 Å². The van der Waals surface area contributed by atoms with E-state index in [1.165, 1.54) is 11.1 Å². The molecule has 1 aliphatic carbocycles. The SMILES string of the molecule is Cn1nncc1NC1CCc2cc(N)ccc21. The van der Waals surface area contributed by atoms with Gasteiger partial charge in [0.2, 0.25) is 0 Å². The zero-order valence-corrected chi connectivity index (χ0v) is 9.72. The summed E-state index contributed by atoms with van der Waals surface area (Å²) in [5.74, 6) is 0.944. The maximum absolute atomic E-state index is 5.79. The fourth-order valence-corrected chi connectivity index (χ4v) is 2.39. The third-order valence-electron chi connectivity index (χ3n) is 3.28. The fourth-order valence-electron chi connectivity index (χ4n) is 2.39. The Morgan fingerprint density at radius 3 is 3.12 bits per heavy atom. The number of nitrogens with zero attached hydrogens (tertiary/aromatic N) is 3. The second kappa shape index (κ2) is 3.76. The van der Waals surface area contributed by atoms with Gasteiger partial charge < -0.3 is 11.1 Å². The van der Waals surface area contributed by atoms with Gasteiger partial charge in [-0.15, -0.1) is 5.10 Å². The zero-order valence-electron chi connectivity index (χ0n) is 9.72. The largest absolute Gasteiger partial charge is 0.399 e. The van der Waals surface area contributed by atoms with Crippen LogP contribution < -0.4 is 11.1 Å². The third-order valence-corrected chi connectivity index (χ3v) is 3.28. The van der Waals surface area contributed by atoms with Gasteiger partial charge in [-0.05, 0) is 36.1 Å². The van der Waals surface area contributed by atoms with Crippen molar-refractivity contribution in [3.63, 3.8) is 0 Å². The lowest BCUT2D eigenvalue weighted by molar-refractivity contribution is 0.694. The zero-order chi connectivity index (χ0) is 11.8. The molecule has 1 aromatic heterocycles. The minimum Gasteiger partial charge on any atom is -0.399 e. The lowest BCUT2D eigenvalue weighted by Crippen LogP contribution is -2.10. The van der Waals surface area contributed by atoms with Crippen molar-refractivity contribution in [2.45, 2.75) is 18.9 Å².